The van der Waals surface area contributed by atoms with E-state index in [1.807, 2.05) is 59.8 Å². The third-order valence-electron chi connectivity index (χ3n) is 6.12. The first-order chi connectivity index (χ1) is 16.6. The molecule has 2 amide bonds. The molecule has 8 heteroatoms. The van der Waals surface area contributed by atoms with Crippen molar-refractivity contribution in [2.75, 3.05) is 13.3 Å². The fraction of sp³-hybridized carbons (Fsp3) is 0.269. The minimum absolute atomic E-state index is 0.0682. The first-order valence-electron chi connectivity index (χ1n) is 11.2. The van der Waals surface area contributed by atoms with E-state index in [0.717, 1.165) is 33.7 Å². The number of aromatic nitrogens is 1. The Kier molecular flexibility index (Phi) is 6.31. The third kappa shape index (κ3) is 4.82. The number of ether oxygens (including phenoxy) is 2. The Hall–Kier alpha value is -3.65. The topological polar surface area (TPSA) is 80.8 Å². The van der Waals surface area contributed by atoms with Crippen molar-refractivity contribution in [3.8, 4) is 11.5 Å². The Balaban J connectivity index is 1.23. The standard InChI is InChI=1S/C26H25N3O4S/c1-17-22(14-28-25(30)7-5-20-3-2-10-34-20)21-8-9-29(15-19(21)13-27-17)26(31)12-18-4-6-23-24(11-18)33-16-32-23/h2-7,10-11,13H,8-9,12,14-16H2,1H3,(H,28,30). The van der Waals surface area contributed by atoms with E-state index in [0.29, 0.717) is 37.6 Å². The minimum atomic E-state index is -0.137. The van der Waals surface area contributed by atoms with E-state index < -0.39 is 0 Å². The lowest BCUT2D eigenvalue weighted by molar-refractivity contribution is -0.131. The molecule has 7 nitrogen and oxygen atoms in total. The minimum Gasteiger partial charge on any atom is -0.454 e. The second-order valence-corrected chi connectivity index (χ2v) is 9.30. The summed E-state index contributed by atoms with van der Waals surface area (Å²) in [5.41, 5.74) is 5.07. The summed E-state index contributed by atoms with van der Waals surface area (Å²) < 4.78 is 10.8. The van der Waals surface area contributed by atoms with Gasteiger partial charge in [-0.15, -0.1) is 11.3 Å². The highest BCUT2D eigenvalue weighted by Gasteiger charge is 2.24. The molecule has 0 aliphatic carbocycles. The number of rotatable bonds is 6. The average Bonchev–Trinajstić information content (AvgIpc) is 3.53. The Labute approximate surface area is 202 Å². The Morgan fingerprint density at radius 1 is 1.24 bits per heavy atom. The van der Waals surface area contributed by atoms with E-state index >= 15 is 0 Å². The summed E-state index contributed by atoms with van der Waals surface area (Å²) in [6, 6.07) is 9.55. The molecule has 0 saturated carbocycles. The summed E-state index contributed by atoms with van der Waals surface area (Å²) in [5, 5.41) is 4.95. The van der Waals surface area contributed by atoms with Crippen LogP contribution in [0.2, 0.25) is 0 Å². The van der Waals surface area contributed by atoms with Crippen molar-refractivity contribution in [1.82, 2.24) is 15.2 Å². The molecule has 3 aromatic rings. The summed E-state index contributed by atoms with van der Waals surface area (Å²) in [4.78, 5) is 32.7. The highest BCUT2D eigenvalue weighted by atomic mass is 32.1. The van der Waals surface area contributed by atoms with Crippen LogP contribution in [0.1, 0.15) is 32.8 Å². The van der Waals surface area contributed by atoms with E-state index in [4.69, 9.17) is 9.47 Å². The zero-order valence-electron chi connectivity index (χ0n) is 18.9. The number of aryl methyl sites for hydroxylation is 1. The average molecular weight is 476 g/mol. The van der Waals surface area contributed by atoms with Gasteiger partial charge in [-0.3, -0.25) is 14.6 Å². The Morgan fingerprint density at radius 2 is 2.12 bits per heavy atom. The molecule has 0 spiro atoms. The predicted molar refractivity (Wildman–Crippen MR) is 130 cm³/mol. The molecule has 0 atom stereocenters. The lowest BCUT2D eigenvalue weighted by Gasteiger charge is -2.30. The van der Waals surface area contributed by atoms with Gasteiger partial charge in [0, 0.05) is 42.5 Å². The van der Waals surface area contributed by atoms with Crippen LogP contribution in [0, 0.1) is 6.92 Å². The van der Waals surface area contributed by atoms with E-state index in [1.54, 1.807) is 17.4 Å². The molecule has 1 aromatic carbocycles. The summed E-state index contributed by atoms with van der Waals surface area (Å²) in [6.45, 7) is 3.75. The van der Waals surface area contributed by atoms with Crippen molar-refractivity contribution >= 4 is 29.2 Å². The number of amides is 2. The lowest BCUT2D eigenvalue weighted by atomic mass is 9.94. The quantitative estimate of drug-likeness (QED) is 0.551. The van der Waals surface area contributed by atoms with Crippen molar-refractivity contribution in [1.29, 1.82) is 0 Å². The van der Waals surface area contributed by atoms with Gasteiger partial charge in [0.05, 0.1) is 6.42 Å². The Morgan fingerprint density at radius 3 is 2.97 bits per heavy atom. The van der Waals surface area contributed by atoms with Crippen molar-refractivity contribution in [3.63, 3.8) is 0 Å². The molecule has 0 saturated heterocycles. The SMILES string of the molecule is Cc1ncc2c(c1CNC(=O)C=Cc1cccs1)CCN(C(=O)Cc1ccc3c(c1)OCO3)C2. The highest BCUT2D eigenvalue weighted by Crippen LogP contribution is 2.33. The van der Waals surface area contributed by atoms with Gasteiger partial charge < -0.3 is 19.7 Å². The van der Waals surface area contributed by atoms with Crippen molar-refractivity contribution < 1.29 is 19.1 Å². The van der Waals surface area contributed by atoms with E-state index in [1.165, 1.54) is 5.56 Å². The number of hydrogen-bond donors (Lipinski definition) is 1. The number of fused-ring (bicyclic) bond motifs is 2. The number of nitrogens with one attached hydrogen (secondary N) is 1. The zero-order valence-corrected chi connectivity index (χ0v) is 19.7. The molecule has 1 N–H and O–H groups in total. The molecular weight excluding hydrogens is 450 g/mol. The molecule has 4 heterocycles. The summed E-state index contributed by atoms with van der Waals surface area (Å²) >= 11 is 1.59. The summed E-state index contributed by atoms with van der Waals surface area (Å²) in [5.74, 6) is 1.33. The molecule has 0 fully saturated rings. The van der Waals surface area contributed by atoms with Gasteiger partial charge in [-0.1, -0.05) is 12.1 Å². The number of nitrogens with zero attached hydrogens (tertiary/aromatic N) is 2. The van der Waals surface area contributed by atoms with Gasteiger partial charge in [-0.25, -0.2) is 0 Å². The zero-order chi connectivity index (χ0) is 23.5. The second-order valence-electron chi connectivity index (χ2n) is 8.32. The van der Waals surface area contributed by atoms with Crippen LogP contribution in [0.15, 0.2) is 48.0 Å². The molecule has 2 aliphatic rings. The van der Waals surface area contributed by atoms with Crippen LogP contribution < -0.4 is 14.8 Å². The summed E-state index contributed by atoms with van der Waals surface area (Å²) in [6.07, 6.45) is 6.27. The molecule has 0 bridgehead atoms. The number of thiophene rings is 1. The van der Waals surface area contributed by atoms with E-state index in [9.17, 15) is 9.59 Å². The number of benzene rings is 1. The number of pyridine rings is 1. The second kappa shape index (κ2) is 9.69. The van der Waals surface area contributed by atoms with Crippen LogP contribution in [0.5, 0.6) is 11.5 Å². The smallest absolute Gasteiger partial charge is 0.244 e. The monoisotopic (exact) mass is 475 g/mol. The van der Waals surface area contributed by atoms with Crippen LogP contribution in [0.3, 0.4) is 0 Å². The van der Waals surface area contributed by atoms with Gasteiger partial charge in [0.15, 0.2) is 11.5 Å². The van der Waals surface area contributed by atoms with E-state index in [2.05, 4.69) is 10.3 Å². The first-order valence-corrected chi connectivity index (χ1v) is 12.1. The van der Waals surface area contributed by atoms with E-state index in [-0.39, 0.29) is 18.6 Å². The Bertz CT molecular complexity index is 1250. The maximum absolute atomic E-state index is 13.0. The maximum atomic E-state index is 13.0. The van der Waals surface area contributed by atoms with Crippen LogP contribution in [0.25, 0.3) is 6.08 Å². The molecule has 0 radical (unpaired) electrons. The highest BCUT2D eigenvalue weighted by molar-refractivity contribution is 7.10. The van der Waals surface area contributed by atoms with Gasteiger partial charge in [0.2, 0.25) is 18.6 Å². The normalized spacial score (nSPS) is 14.3. The van der Waals surface area contributed by atoms with Crippen LogP contribution >= 0.6 is 11.3 Å². The van der Waals surface area contributed by atoms with Crippen molar-refractivity contribution in [2.24, 2.45) is 0 Å². The fourth-order valence-corrected chi connectivity index (χ4v) is 4.90. The van der Waals surface area contributed by atoms with Crippen molar-refractivity contribution in [3.05, 3.63) is 80.8 Å². The number of carbonyl (C=O) groups excluding carboxylic acids is 2. The van der Waals surface area contributed by atoms with Gasteiger partial charge in [0.25, 0.3) is 0 Å². The maximum Gasteiger partial charge on any atom is 0.244 e. The lowest BCUT2D eigenvalue weighted by Crippen LogP contribution is -2.38. The number of hydrogen-bond acceptors (Lipinski definition) is 6. The van der Waals surface area contributed by atoms with Crippen molar-refractivity contribution in [2.45, 2.75) is 32.9 Å². The number of carbonyl (C=O) groups is 2. The molecule has 34 heavy (non-hydrogen) atoms. The molecule has 2 aliphatic heterocycles. The summed E-state index contributed by atoms with van der Waals surface area (Å²) in [7, 11) is 0. The first kappa shape index (κ1) is 22.2. The third-order valence-corrected chi connectivity index (χ3v) is 6.96. The van der Waals surface area contributed by atoms with Crippen LogP contribution in [-0.2, 0) is 35.5 Å². The molecule has 5 rings (SSSR count). The molecule has 174 valence electrons. The van der Waals surface area contributed by atoms with Gasteiger partial charge >= 0.3 is 0 Å². The van der Waals surface area contributed by atoms with Gasteiger partial charge in [-0.05, 0) is 65.3 Å². The van der Waals surface area contributed by atoms with Crippen LogP contribution in [0.4, 0.5) is 0 Å². The largest absolute Gasteiger partial charge is 0.454 e. The van der Waals surface area contributed by atoms with Gasteiger partial charge in [0.1, 0.15) is 0 Å². The van der Waals surface area contributed by atoms with Gasteiger partial charge in [-0.2, -0.15) is 0 Å². The molecular formula is C26H25N3O4S. The predicted octanol–water partition coefficient (Wildman–Crippen LogP) is 3.64. The molecule has 0 unspecified atom stereocenters. The molecule has 2 aromatic heterocycles. The fourth-order valence-electron chi connectivity index (χ4n) is 4.29. The van der Waals surface area contributed by atoms with Crippen LogP contribution in [-0.4, -0.2) is 35.0 Å².